The third-order valence-electron chi connectivity index (χ3n) is 3.05. The van der Waals surface area contributed by atoms with E-state index in [0.29, 0.717) is 6.04 Å². The Labute approximate surface area is 81.2 Å². The van der Waals surface area contributed by atoms with Crippen LogP contribution in [-0.2, 0) is 4.74 Å². The van der Waals surface area contributed by atoms with E-state index in [1.54, 1.807) is 7.11 Å². The molecule has 13 heavy (non-hydrogen) atoms. The first-order valence-corrected chi connectivity index (χ1v) is 5.22. The van der Waals surface area contributed by atoms with Gasteiger partial charge < -0.3 is 10.5 Å². The Balaban J connectivity index is 2.39. The van der Waals surface area contributed by atoms with Crippen molar-refractivity contribution in [2.24, 2.45) is 11.7 Å². The summed E-state index contributed by atoms with van der Waals surface area (Å²) in [5.41, 5.74) is 5.77. The Kier molecular flexibility index (Phi) is 4.70. The molecule has 78 valence electrons. The van der Waals surface area contributed by atoms with Crippen LogP contribution in [0.3, 0.4) is 0 Å². The van der Waals surface area contributed by atoms with E-state index in [0.717, 1.165) is 25.6 Å². The molecule has 1 saturated heterocycles. The summed E-state index contributed by atoms with van der Waals surface area (Å²) in [5.74, 6) is 0.746. The molecular formula is C10H22N2O. The van der Waals surface area contributed by atoms with Crippen LogP contribution in [0.15, 0.2) is 0 Å². The summed E-state index contributed by atoms with van der Waals surface area (Å²) in [6, 6.07) is 0.573. The van der Waals surface area contributed by atoms with Crippen LogP contribution in [0.25, 0.3) is 0 Å². The molecule has 0 aromatic rings. The normalized spacial score (nSPS) is 30.7. The van der Waals surface area contributed by atoms with Crippen molar-refractivity contribution in [3.8, 4) is 0 Å². The zero-order valence-corrected chi connectivity index (χ0v) is 8.83. The van der Waals surface area contributed by atoms with Crippen molar-refractivity contribution in [3.05, 3.63) is 0 Å². The molecule has 3 heteroatoms. The van der Waals surface area contributed by atoms with Crippen LogP contribution in [0.4, 0.5) is 0 Å². The zero-order valence-electron chi connectivity index (χ0n) is 8.83. The van der Waals surface area contributed by atoms with Gasteiger partial charge >= 0.3 is 0 Å². The molecule has 1 fully saturated rings. The molecule has 0 bridgehead atoms. The lowest BCUT2D eigenvalue weighted by molar-refractivity contribution is 0.0716. The molecule has 0 amide bonds. The van der Waals surface area contributed by atoms with E-state index >= 15 is 0 Å². The molecule has 0 saturated carbocycles. The Morgan fingerprint density at radius 1 is 1.54 bits per heavy atom. The number of nitrogens with zero attached hydrogens (tertiary/aromatic N) is 1. The van der Waals surface area contributed by atoms with Crippen LogP contribution in [0.1, 0.15) is 19.8 Å². The van der Waals surface area contributed by atoms with Crippen LogP contribution in [-0.4, -0.2) is 44.3 Å². The molecule has 0 aromatic heterocycles. The first-order chi connectivity index (χ1) is 6.29. The predicted octanol–water partition coefficient (Wildman–Crippen LogP) is 0.692. The van der Waals surface area contributed by atoms with Crippen molar-refractivity contribution in [1.82, 2.24) is 4.90 Å². The fraction of sp³-hybridized carbons (Fsp3) is 1.00. The minimum Gasteiger partial charge on any atom is -0.383 e. The highest BCUT2D eigenvalue weighted by molar-refractivity contribution is 4.82. The second-order valence-corrected chi connectivity index (χ2v) is 3.95. The van der Waals surface area contributed by atoms with E-state index < -0.39 is 0 Å². The minimum atomic E-state index is 0.573. The van der Waals surface area contributed by atoms with Gasteiger partial charge in [0.2, 0.25) is 0 Å². The molecule has 0 radical (unpaired) electrons. The van der Waals surface area contributed by atoms with Gasteiger partial charge in [0.05, 0.1) is 6.61 Å². The van der Waals surface area contributed by atoms with Crippen LogP contribution in [0, 0.1) is 5.92 Å². The quantitative estimate of drug-likeness (QED) is 0.702. The Hall–Kier alpha value is -0.120. The smallest absolute Gasteiger partial charge is 0.0589 e. The van der Waals surface area contributed by atoms with Gasteiger partial charge in [-0.15, -0.1) is 0 Å². The number of nitrogens with two attached hydrogens (primary N) is 1. The second-order valence-electron chi connectivity index (χ2n) is 3.95. The summed E-state index contributed by atoms with van der Waals surface area (Å²) in [5, 5.41) is 0. The third kappa shape index (κ3) is 2.93. The van der Waals surface area contributed by atoms with Gasteiger partial charge in [-0.3, -0.25) is 4.90 Å². The van der Waals surface area contributed by atoms with E-state index in [1.807, 2.05) is 0 Å². The van der Waals surface area contributed by atoms with Crippen molar-refractivity contribution < 1.29 is 4.74 Å². The van der Waals surface area contributed by atoms with Crippen LogP contribution in [0.2, 0.25) is 0 Å². The number of ether oxygens (including phenoxy) is 1. The third-order valence-corrected chi connectivity index (χ3v) is 3.05. The monoisotopic (exact) mass is 186 g/mol. The highest BCUT2D eigenvalue weighted by Crippen LogP contribution is 2.21. The Morgan fingerprint density at radius 3 is 2.92 bits per heavy atom. The highest BCUT2D eigenvalue weighted by Gasteiger charge is 2.26. The topological polar surface area (TPSA) is 38.5 Å². The maximum absolute atomic E-state index is 5.77. The Morgan fingerprint density at radius 2 is 2.31 bits per heavy atom. The lowest BCUT2D eigenvalue weighted by atomic mass is 9.91. The van der Waals surface area contributed by atoms with Gasteiger partial charge in [0.25, 0.3) is 0 Å². The largest absolute Gasteiger partial charge is 0.383 e. The van der Waals surface area contributed by atoms with Gasteiger partial charge in [0.15, 0.2) is 0 Å². The van der Waals surface area contributed by atoms with Crippen molar-refractivity contribution in [1.29, 1.82) is 0 Å². The van der Waals surface area contributed by atoms with Crippen molar-refractivity contribution >= 4 is 0 Å². The van der Waals surface area contributed by atoms with E-state index in [-0.39, 0.29) is 0 Å². The molecular weight excluding hydrogens is 164 g/mol. The molecule has 1 aliphatic rings. The molecule has 2 atom stereocenters. The molecule has 1 rings (SSSR count). The van der Waals surface area contributed by atoms with E-state index in [1.165, 1.54) is 19.4 Å². The van der Waals surface area contributed by atoms with Crippen molar-refractivity contribution in [2.75, 3.05) is 33.4 Å². The average molecular weight is 186 g/mol. The fourth-order valence-electron chi connectivity index (χ4n) is 2.20. The van der Waals surface area contributed by atoms with Gasteiger partial charge in [-0.05, 0) is 25.3 Å². The minimum absolute atomic E-state index is 0.573. The number of methoxy groups -OCH3 is 1. The summed E-state index contributed by atoms with van der Waals surface area (Å²) < 4.78 is 5.09. The van der Waals surface area contributed by atoms with Crippen LogP contribution in [0.5, 0.6) is 0 Å². The number of rotatable bonds is 4. The second kappa shape index (κ2) is 5.58. The lowest BCUT2D eigenvalue weighted by Crippen LogP contribution is -2.49. The SMILES string of the molecule is COCCN1CCCC(C)C1CN. The standard InChI is InChI=1S/C10H22N2O/c1-9-4-3-5-12(6-7-13-2)10(9)8-11/h9-10H,3-8,11H2,1-2H3. The van der Waals surface area contributed by atoms with Gasteiger partial charge in [-0.1, -0.05) is 6.92 Å². The maximum atomic E-state index is 5.77. The lowest BCUT2D eigenvalue weighted by Gasteiger charge is -2.39. The summed E-state index contributed by atoms with van der Waals surface area (Å²) in [6.45, 7) is 6.13. The van der Waals surface area contributed by atoms with Gasteiger partial charge in [0, 0.05) is 26.2 Å². The van der Waals surface area contributed by atoms with Crippen molar-refractivity contribution in [3.63, 3.8) is 0 Å². The first-order valence-electron chi connectivity index (χ1n) is 5.22. The summed E-state index contributed by atoms with van der Waals surface area (Å²) >= 11 is 0. The van der Waals surface area contributed by atoms with E-state index in [2.05, 4.69) is 11.8 Å². The maximum Gasteiger partial charge on any atom is 0.0589 e. The van der Waals surface area contributed by atoms with Gasteiger partial charge in [-0.25, -0.2) is 0 Å². The average Bonchev–Trinajstić information content (AvgIpc) is 2.15. The molecule has 0 spiro atoms. The molecule has 1 heterocycles. The van der Waals surface area contributed by atoms with E-state index in [4.69, 9.17) is 10.5 Å². The zero-order chi connectivity index (χ0) is 9.68. The fourth-order valence-corrected chi connectivity index (χ4v) is 2.20. The molecule has 2 unspecified atom stereocenters. The van der Waals surface area contributed by atoms with Crippen molar-refractivity contribution in [2.45, 2.75) is 25.8 Å². The summed E-state index contributed by atoms with van der Waals surface area (Å²) in [4.78, 5) is 2.47. The molecule has 0 aliphatic carbocycles. The molecule has 1 aliphatic heterocycles. The van der Waals surface area contributed by atoms with Crippen LogP contribution < -0.4 is 5.73 Å². The molecule has 2 N–H and O–H groups in total. The van der Waals surface area contributed by atoms with Gasteiger partial charge in [-0.2, -0.15) is 0 Å². The number of piperidine rings is 1. The Bertz CT molecular complexity index is 141. The summed E-state index contributed by atoms with van der Waals surface area (Å²) in [6.07, 6.45) is 2.63. The first kappa shape index (κ1) is 11.0. The van der Waals surface area contributed by atoms with E-state index in [9.17, 15) is 0 Å². The molecule has 3 nitrogen and oxygen atoms in total. The summed E-state index contributed by atoms with van der Waals surface area (Å²) in [7, 11) is 1.75. The number of hydrogen-bond donors (Lipinski definition) is 1. The predicted molar refractivity (Wildman–Crippen MR) is 54.7 cm³/mol. The molecule has 0 aromatic carbocycles. The number of hydrogen-bond acceptors (Lipinski definition) is 3. The highest BCUT2D eigenvalue weighted by atomic mass is 16.5. The number of likely N-dealkylation sites (tertiary alicyclic amines) is 1. The van der Waals surface area contributed by atoms with Gasteiger partial charge in [0.1, 0.15) is 0 Å². The van der Waals surface area contributed by atoms with Crippen LogP contribution >= 0.6 is 0 Å².